The number of carbonyl (C=O) groups excluding carboxylic acids is 2. The molecule has 6 heteroatoms. The zero-order valence-corrected chi connectivity index (χ0v) is 38.6. The SMILES string of the molecule is C=C=C=C=CC(CCCCC)CC(=O)OCCCCCCCCCCC(CCCCCCCCCCOC(=O)CC(C)CCCCC)COCCCN1CCCCC1. The Morgan fingerprint density at radius 2 is 1.10 bits per heavy atom. The lowest BCUT2D eigenvalue weighted by molar-refractivity contribution is -0.145. The van der Waals surface area contributed by atoms with E-state index in [0.717, 1.165) is 51.7 Å². The smallest absolute Gasteiger partial charge is 0.306 e. The fourth-order valence-electron chi connectivity index (χ4n) is 8.27. The third-order valence-electron chi connectivity index (χ3n) is 12.0. The summed E-state index contributed by atoms with van der Waals surface area (Å²) in [6, 6.07) is 0. The van der Waals surface area contributed by atoms with E-state index in [0.29, 0.717) is 37.9 Å². The van der Waals surface area contributed by atoms with Gasteiger partial charge in [-0.1, -0.05) is 173 Å². The van der Waals surface area contributed by atoms with Gasteiger partial charge < -0.3 is 19.1 Å². The molecule has 0 aromatic carbocycles. The molecule has 0 amide bonds. The Hall–Kier alpha value is -2.06. The van der Waals surface area contributed by atoms with Gasteiger partial charge in [-0.25, -0.2) is 0 Å². The van der Waals surface area contributed by atoms with Crippen molar-refractivity contribution in [3.05, 3.63) is 29.8 Å². The fourth-order valence-corrected chi connectivity index (χ4v) is 8.27. The van der Waals surface area contributed by atoms with Gasteiger partial charge in [0.05, 0.1) is 19.6 Å². The van der Waals surface area contributed by atoms with Gasteiger partial charge in [-0.15, -0.1) is 0 Å². The molecule has 336 valence electrons. The highest BCUT2D eigenvalue weighted by Gasteiger charge is 2.14. The van der Waals surface area contributed by atoms with Crippen LogP contribution in [-0.2, 0) is 23.8 Å². The number of unbranched alkanes of at least 4 members (excludes halogenated alkanes) is 18. The topological polar surface area (TPSA) is 65.1 Å². The molecule has 3 atom stereocenters. The van der Waals surface area contributed by atoms with Crippen molar-refractivity contribution in [1.82, 2.24) is 4.90 Å². The lowest BCUT2D eigenvalue weighted by Gasteiger charge is -2.26. The molecule has 1 aliphatic rings. The summed E-state index contributed by atoms with van der Waals surface area (Å²) in [7, 11) is 0. The van der Waals surface area contributed by atoms with Gasteiger partial charge in [0, 0.05) is 26.2 Å². The number of ether oxygens (including phenoxy) is 3. The van der Waals surface area contributed by atoms with Crippen LogP contribution in [0.1, 0.15) is 226 Å². The third kappa shape index (κ3) is 35.8. The first-order valence-corrected chi connectivity index (χ1v) is 25.0. The Morgan fingerprint density at radius 3 is 1.66 bits per heavy atom. The molecule has 0 saturated carbocycles. The largest absolute Gasteiger partial charge is 0.466 e. The average molecular weight is 812 g/mol. The molecule has 58 heavy (non-hydrogen) atoms. The second kappa shape index (κ2) is 41.7. The van der Waals surface area contributed by atoms with Gasteiger partial charge in [0.15, 0.2) is 0 Å². The molecule has 0 aromatic rings. The van der Waals surface area contributed by atoms with Gasteiger partial charge in [-0.2, -0.15) is 0 Å². The van der Waals surface area contributed by atoms with Gasteiger partial charge in [0.2, 0.25) is 0 Å². The van der Waals surface area contributed by atoms with E-state index in [1.54, 1.807) is 0 Å². The fraction of sp³-hybridized carbons (Fsp3) is 0.865. The van der Waals surface area contributed by atoms with Crippen LogP contribution in [0.15, 0.2) is 29.8 Å². The van der Waals surface area contributed by atoms with Gasteiger partial charge in [-0.05, 0) is 101 Å². The van der Waals surface area contributed by atoms with Crippen LogP contribution in [0.5, 0.6) is 0 Å². The minimum Gasteiger partial charge on any atom is -0.466 e. The summed E-state index contributed by atoms with van der Waals surface area (Å²) < 4.78 is 17.4. The summed E-state index contributed by atoms with van der Waals surface area (Å²) in [6.07, 6.45) is 40.0. The van der Waals surface area contributed by atoms with Crippen molar-refractivity contribution in [2.45, 2.75) is 226 Å². The molecule has 1 aliphatic heterocycles. The van der Waals surface area contributed by atoms with Crippen molar-refractivity contribution >= 4 is 11.9 Å². The maximum Gasteiger partial charge on any atom is 0.306 e. The number of rotatable bonds is 41. The van der Waals surface area contributed by atoms with E-state index >= 15 is 0 Å². The molecule has 0 radical (unpaired) electrons. The molecule has 1 saturated heterocycles. The zero-order valence-electron chi connectivity index (χ0n) is 38.6. The minimum absolute atomic E-state index is 0.00649. The van der Waals surface area contributed by atoms with Crippen molar-refractivity contribution in [2.75, 3.05) is 46.1 Å². The molecule has 0 spiro atoms. The Bertz CT molecular complexity index is 1070. The van der Waals surface area contributed by atoms with Crippen LogP contribution in [-0.4, -0.2) is 62.9 Å². The first-order valence-electron chi connectivity index (χ1n) is 25.0. The lowest BCUT2D eigenvalue weighted by atomic mass is 9.94. The standard InChI is InChI=1S/C52H93NO5/c1-5-8-24-34-48(4)45-51(54)57-43-31-21-17-13-11-15-19-27-37-50(47-56-42-33-41-53-39-29-23-30-40-53)38-28-20-16-12-14-18-22-32-44-58-52(55)46-49(35-25-9-6-2)36-26-10-7-3/h35,48-50H,2,5,7-8,10-24,26-34,36-47H2,1,3-4H3. The van der Waals surface area contributed by atoms with Crippen LogP contribution in [0.2, 0.25) is 0 Å². The van der Waals surface area contributed by atoms with Crippen molar-refractivity contribution in [3.63, 3.8) is 0 Å². The first kappa shape index (κ1) is 54.0. The van der Waals surface area contributed by atoms with Gasteiger partial charge in [0.25, 0.3) is 0 Å². The number of nitrogens with zero attached hydrogens (tertiary/aromatic N) is 1. The number of piperidine rings is 1. The van der Waals surface area contributed by atoms with E-state index in [-0.39, 0.29) is 17.9 Å². The Labute approximate surface area is 359 Å². The quantitative estimate of drug-likeness (QED) is 0.0348. The lowest BCUT2D eigenvalue weighted by Crippen LogP contribution is -2.31. The summed E-state index contributed by atoms with van der Waals surface area (Å²) >= 11 is 0. The van der Waals surface area contributed by atoms with E-state index in [4.69, 9.17) is 14.2 Å². The first-order chi connectivity index (χ1) is 28.5. The van der Waals surface area contributed by atoms with Crippen LogP contribution in [0.4, 0.5) is 0 Å². The molecule has 1 heterocycles. The molecular formula is C52H93NO5. The number of carbonyl (C=O) groups is 2. The molecule has 0 N–H and O–H groups in total. The van der Waals surface area contributed by atoms with Gasteiger partial charge in [0.1, 0.15) is 0 Å². The molecule has 1 rings (SSSR count). The Balaban J connectivity index is 2.17. The van der Waals surface area contributed by atoms with Crippen LogP contribution in [0.25, 0.3) is 0 Å². The summed E-state index contributed by atoms with van der Waals surface area (Å²) in [5, 5.41) is 0. The monoisotopic (exact) mass is 812 g/mol. The number of hydrogen-bond acceptors (Lipinski definition) is 6. The minimum atomic E-state index is -0.0967. The summed E-state index contributed by atoms with van der Waals surface area (Å²) in [6.45, 7) is 16.8. The highest BCUT2D eigenvalue weighted by atomic mass is 16.5. The van der Waals surface area contributed by atoms with Crippen molar-refractivity contribution in [2.24, 2.45) is 17.8 Å². The molecule has 0 aromatic heterocycles. The van der Waals surface area contributed by atoms with Crippen LogP contribution in [0, 0.1) is 17.8 Å². The number of esters is 2. The summed E-state index contributed by atoms with van der Waals surface area (Å²) in [4.78, 5) is 27.1. The second-order valence-corrected chi connectivity index (χ2v) is 17.7. The Kier molecular flexibility index (Phi) is 38.8. The van der Waals surface area contributed by atoms with Crippen LogP contribution < -0.4 is 0 Å². The van der Waals surface area contributed by atoms with Crippen molar-refractivity contribution in [1.29, 1.82) is 0 Å². The molecule has 3 unspecified atom stereocenters. The van der Waals surface area contributed by atoms with Crippen molar-refractivity contribution < 1.29 is 23.8 Å². The summed E-state index contributed by atoms with van der Waals surface area (Å²) in [5.41, 5.74) is 8.30. The molecule has 1 fully saturated rings. The second-order valence-electron chi connectivity index (χ2n) is 17.7. The van der Waals surface area contributed by atoms with E-state index in [1.165, 1.54) is 174 Å². The van der Waals surface area contributed by atoms with E-state index in [1.807, 2.05) is 6.08 Å². The maximum atomic E-state index is 12.4. The van der Waals surface area contributed by atoms with Gasteiger partial charge >= 0.3 is 11.9 Å². The molecule has 0 bridgehead atoms. The zero-order chi connectivity index (χ0) is 42.0. The maximum absolute atomic E-state index is 12.4. The van der Waals surface area contributed by atoms with Gasteiger partial charge in [-0.3, -0.25) is 9.59 Å². The normalized spacial score (nSPS) is 14.5. The molecule has 0 aliphatic carbocycles. The molecular weight excluding hydrogens is 719 g/mol. The van der Waals surface area contributed by atoms with Crippen LogP contribution in [0.3, 0.4) is 0 Å². The highest BCUT2D eigenvalue weighted by molar-refractivity contribution is 5.70. The van der Waals surface area contributed by atoms with E-state index in [2.05, 4.69) is 49.4 Å². The summed E-state index contributed by atoms with van der Waals surface area (Å²) in [5.74, 6) is 1.19. The van der Waals surface area contributed by atoms with Crippen molar-refractivity contribution in [3.8, 4) is 0 Å². The molecule has 6 nitrogen and oxygen atoms in total. The number of allylic oxidation sites excluding steroid dienone is 1. The third-order valence-corrected chi connectivity index (χ3v) is 12.0. The Morgan fingerprint density at radius 1 is 0.603 bits per heavy atom. The predicted octanol–water partition coefficient (Wildman–Crippen LogP) is 14.4. The predicted molar refractivity (Wildman–Crippen MR) is 245 cm³/mol. The number of hydrogen-bond donors (Lipinski definition) is 0. The number of likely N-dealkylation sites (tertiary alicyclic amines) is 1. The van der Waals surface area contributed by atoms with Crippen LogP contribution >= 0.6 is 0 Å². The average Bonchev–Trinajstić information content (AvgIpc) is 3.22. The van der Waals surface area contributed by atoms with E-state index in [9.17, 15) is 9.59 Å². The van der Waals surface area contributed by atoms with E-state index < -0.39 is 0 Å². The highest BCUT2D eigenvalue weighted by Crippen LogP contribution is 2.21.